The van der Waals surface area contributed by atoms with Gasteiger partial charge in [-0.1, -0.05) is 48.2 Å². The lowest BCUT2D eigenvalue weighted by atomic mass is 10.2. The Bertz CT molecular complexity index is 1030. The van der Waals surface area contributed by atoms with E-state index in [0.717, 1.165) is 35.1 Å². The van der Waals surface area contributed by atoms with Crippen molar-refractivity contribution in [3.63, 3.8) is 0 Å². The van der Waals surface area contributed by atoms with E-state index >= 15 is 0 Å². The Hall–Kier alpha value is -2.77. The molecule has 1 aromatic heterocycles. The second-order valence-corrected chi connectivity index (χ2v) is 8.46. The van der Waals surface area contributed by atoms with Crippen molar-refractivity contribution in [2.45, 2.75) is 36.9 Å². The molecule has 1 fully saturated rings. The number of aromatic nitrogens is 3. The van der Waals surface area contributed by atoms with Crippen molar-refractivity contribution < 1.29 is 14.6 Å². The van der Waals surface area contributed by atoms with Crippen LogP contribution in [0.5, 0.6) is 11.5 Å². The third kappa shape index (κ3) is 5.29. The van der Waals surface area contributed by atoms with Gasteiger partial charge >= 0.3 is 0 Å². The van der Waals surface area contributed by atoms with E-state index in [4.69, 9.17) is 9.47 Å². The van der Waals surface area contributed by atoms with Crippen LogP contribution in [0.15, 0.2) is 59.8 Å². The maximum absolute atomic E-state index is 10.5. The van der Waals surface area contributed by atoms with E-state index in [2.05, 4.69) is 26.9 Å². The first kappa shape index (κ1) is 21.5. The van der Waals surface area contributed by atoms with Gasteiger partial charge in [0.05, 0.1) is 13.2 Å². The molecule has 1 N–H and O–H groups in total. The Morgan fingerprint density at radius 3 is 2.68 bits per heavy atom. The Balaban J connectivity index is 1.39. The fraction of sp³-hybridized carbons (Fsp3) is 0.333. The minimum atomic E-state index is -0.657. The number of nitrogens with zero attached hydrogens (tertiary/aromatic N) is 3. The quantitative estimate of drug-likeness (QED) is 0.463. The zero-order chi connectivity index (χ0) is 21.6. The van der Waals surface area contributed by atoms with Crippen LogP contribution in [0.1, 0.15) is 37.1 Å². The molecule has 0 saturated heterocycles. The zero-order valence-electron chi connectivity index (χ0n) is 17.8. The molecule has 1 aliphatic rings. The zero-order valence-corrected chi connectivity index (χ0v) is 18.6. The van der Waals surface area contributed by atoms with Crippen LogP contribution < -0.4 is 9.47 Å². The molecular formula is C24H27N3O3S. The van der Waals surface area contributed by atoms with E-state index < -0.39 is 6.10 Å². The van der Waals surface area contributed by atoms with Gasteiger partial charge < -0.3 is 14.6 Å². The van der Waals surface area contributed by atoms with Crippen molar-refractivity contribution >= 4 is 17.8 Å². The normalized spacial score (nSPS) is 14.7. The molecule has 1 aliphatic carbocycles. The van der Waals surface area contributed by atoms with Crippen LogP contribution in [0, 0.1) is 0 Å². The van der Waals surface area contributed by atoms with E-state index in [0.29, 0.717) is 23.2 Å². The summed E-state index contributed by atoms with van der Waals surface area (Å²) in [5, 5.41) is 20.1. The molecule has 1 heterocycles. The number of rotatable bonds is 10. The molecule has 0 amide bonds. The maximum atomic E-state index is 10.5. The highest BCUT2D eigenvalue weighted by Gasteiger charge is 2.31. The molecule has 0 radical (unpaired) electrons. The predicted molar refractivity (Wildman–Crippen MR) is 123 cm³/mol. The molecule has 1 atom stereocenters. The van der Waals surface area contributed by atoms with Gasteiger partial charge in [-0.2, -0.15) is 0 Å². The average molecular weight is 438 g/mol. The van der Waals surface area contributed by atoms with Crippen LogP contribution in [0.3, 0.4) is 0 Å². The third-order valence-electron chi connectivity index (χ3n) is 5.00. The van der Waals surface area contributed by atoms with Gasteiger partial charge in [0.15, 0.2) is 16.7 Å². The monoisotopic (exact) mass is 437 g/mol. The summed E-state index contributed by atoms with van der Waals surface area (Å²) in [4.78, 5) is 0. The number of aliphatic hydroxyl groups excluding tert-OH is 1. The summed E-state index contributed by atoms with van der Waals surface area (Å²) < 4.78 is 13.4. The number of ether oxygens (including phenoxy) is 2. The highest BCUT2D eigenvalue weighted by Crippen LogP contribution is 2.41. The van der Waals surface area contributed by atoms with Crippen LogP contribution in [0.25, 0.3) is 11.8 Å². The summed E-state index contributed by atoms with van der Waals surface area (Å²) in [7, 11) is 1.61. The van der Waals surface area contributed by atoms with E-state index in [1.165, 1.54) is 11.8 Å². The lowest BCUT2D eigenvalue weighted by Crippen LogP contribution is -2.20. The van der Waals surface area contributed by atoms with E-state index in [1.54, 1.807) is 7.11 Å². The summed E-state index contributed by atoms with van der Waals surface area (Å²) in [6.45, 7) is 2.14. The molecule has 0 bridgehead atoms. The fourth-order valence-electron chi connectivity index (χ4n) is 3.30. The van der Waals surface area contributed by atoms with Crippen LogP contribution in [-0.2, 0) is 0 Å². The molecular weight excluding hydrogens is 410 g/mol. The molecule has 4 rings (SSSR count). The molecule has 7 heteroatoms. The Kier molecular flexibility index (Phi) is 6.94. The number of aliphatic hydroxyl groups is 1. The minimum Gasteiger partial charge on any atom is -0.493 e. The molecule has 0 spiro atoms. The van der Waals surface area contributed by atoms with Crippen molar-refractivity contribution in [1.82, 2.24) is 14.8 Å². The lowest BCUT2D eigenvalue weighted by Gasteiger charge is -2.15. The van der Waals surface area contributed by atoms with Crippen LogP contribution in [0.4, 0.5) is 0 Å². The Morgan fingerprint density at radius 1 is 1.16 bits per heavy atom. The van der Waals surface area contributed by atoms with Gasteiger partial charge in [-0.05, 0) is 49.6 Å². The Morgan fingerprint density at radius 2 is 1.97 bits per heavy atom. The van der Waals surface area contributed by atoms with Crippen molar-refractivity contribution in [2.75, 3.05) is 19.5 Å². The fourth-order valence-corrected chi connectivity index (χ4v) is 4.17. The van der Waals surface area contributed by atoms with Gasteiger partial charge in [0, 0.05) is 17.4 Å². The molecule has 0 aliphatic heterocycles. The summed E-state index contributed by atoms with van der Waals surface area (Å²) in [6.07, 6.45) is 5.62. The van der Waals surface area contributed by atoms with Gasteiger partial charge in [0.2, 0.25) is 0 Å². The summed E-state index contributed by atoms with van der Waals surface area (Å²) in [5.41, 5.74) is 2.09. The first-order chi connectivity index (χ1) is 15.2. The van der Waals surface area contributed by atoms with Crippen molar-refractivity contribution in [3.05, 3.63) is 66.0 Å². The molecule has 2 aromatic carbocycles. The second-order valence-electron chi connectivity index (χ2n) is 7.47. The topological polar surface area (TPSA) is 69.4 Å². The lowest BCUT2D eigenvalue weighted by molar-refractivity contribution is 0.124. The SMILES string of the molecule is C/C=C/c1ccc(OCC(O)CSc2nnc(C3CC3)n2-c2ccccc2)c(OC)c1. The number of hydrogen-bond acceptors (Lipinski definition) is 6. The van der Waals surface area contributed by atoms with Gasteiger partial charge in [-0.25, -0.2) is 0 Å². The molecule has 6 nitrogen and oxygen atoms in total. The highest BCUT2D eigenvalue weighted by molar-refractivity contribution is 7.99. The van der Waals surface area contributed by atoms with Crippen LogP contribution >= 0.6 is 11.8 Å². The van der Waals surface area contributed by atoms with E-state index in [1.807, 2.05) is 55.5 Å². The van der Waals surface area contributed by atoms with Crippen molar-refractivity contribution in [3.8, 4) is 17.2 Å². The average Bonchev–Trinajstić information content (AvgIpc) is 3.56. The standard InChI is InChI=1S/C24H27N3O3S/c1-3-7-17-10-13-21(22(14-17)29-2)30-15-20(28)16-31-24-26-25-23(18-11-12-18)27(24)19-8-5-4-6-9-19/h3-10,13-14,18,20,28H,11-12,15-16H2,1-2H3/b7-3+. The largest absolute Gasteiger partial charge is 0.493 e. The minimum absolute atomic E-state index is 0.168. The first-order valence-electron chi connectivity index (χ1n) is 10.4. The van der Waals surface area contributed by atoms with Crippen LogP contribution in [-0.4, -0.2) is 45.4 Å². The number of allylic oxidation sites excluding steroid dienone is 1. The maximum Gasteiger partial charge on any atom is 0.195 e. The van der Waals surface area contributed by atoms with Gasteiger partial charge in [-0.3, -0.25) is 4.57 Å². The van der Waals surface area contributed by atoms with Crippen molar-refractivity contribution in [1.29, 1.82) is 0 Å². The highest BCUT2D eigenvalue weighted by atomic mass is 32.2. The van der Waals surface area contributed by atoms with Crippen molar-refractivity contribution in [2.24, 2.45) is 0 Å². The molecule has 31 heavy (non-hydrogen) atoms. The first-order valence-corrected chi connectivity index (χ1v) is 11.4. The summed E-state index contributed by atoms with van der Waals surface area (Å²) in [6, 6.07) is 15.9. The van der Waals surface area contributed by atoms with Gasteiger partial charge in [-0.15, -0.1) is 10.2 Å². The number of benzene rings is 2. The number of thioether (sulfide) groups is 1. The van der Waals surface area contributed by atoms with Gasteiger partial charge in [0.25, 0.3) is 0 Å². The second kappa shape index (κ2) is 10.0. The van der Waals surface area contributed by atoms with Crippen LogP contribution in [0.2, 0.25) is 0 Å². The Labute approximate surface area is 186 Å². The molecule has 162 valence electrons. The van der Waals surface area contributed by atoms with E-state index in [9.17, 15) is 5.11 Å². The number of hydrogen-bond donors (Lipinski definition) is 1. The summed E-state index contributed by atoms with van der Waals surface area (Å²) >= 11 is 1.49. The molecule has 3 aromatic rings. The third-order valence-corrected chi connectivity index (χ3v) is 6.07. The number of para-hydroxylation sites is 1. The van der Waals surface area contributed by atoms with E-state index in [-0.39, 0.29) is 6.61 Å². The number of methoxy groups -OCH3 is 1. The molecule has 1 saturated carbocycles. The smallest absolute Gasteiger partial charge is 0.195 e. The summed E-state index contributed by atoms with van der Waals surface area (Å²) in [5.74, 6) is 3.20. The predicted octanol–water partition coefficient (Wildman–Crippen LogP) is 4.72. The van der Waals surface area contributed by atoms with Gasteiger partial charge in [0.1, 0.15) is 12.4 Å². The molecule has 1 unspecified atom stereocenters.